The maximum atomic E-state index is 12.4. The average molecular weight is 557 g/mol. The molecule has 1 heterocycles. The van der Waals surface area contributed by atoms with Crippen LogP contribution in [-0.2, 0) is 23.1 Å². The van der Waals surface area contributed by atoms with E-state index in [-0.39, 0.29) is 24.0 Å². The first kappa shape index (κ1) is 24.6. The minimum absolute atomic E-state index is 0.0216. The van der Waals surface area contributed by atoms with E-state index in [1.54, 1.807) is 29.8 Å². The van der Waals surface area contributed by atoms with Crippen LogP contribution in [0.4, 0.5) is 11.4 Å². The van der Waals surface area contributed by atoms with Gasteiger partial charge in [0.15, 0.2) is 5.16 Å². The molecule has 0 aliphatic carbocycles. The van der Waals surface area contributed by atoms with Gasteiger partial charge in [-0.05, 0) is 55.3 Å². The van der Waals surface area contributed by atoms with Crippen LogP contribution in [0.2, 0.25) is 10.0 Å². The molecule has 3 rings (SSSR count). The monoisotopic (exact) mass is 555 g/mol. The minimum Gasteiger partial charge on any atom is -0.326 e. The number of nitrogens with zero attached hydrogens (tertiary/aromatic N) is 3. The van der Waals surface area contributed by atoms with Gasteiger partial charge in [0.1, 0.15) is 5.82 Å². The highest BCUT2D eigenvalue weighted by atomic mass is 79.9. The number of aryl methyl sites for hydroxylation is 2. The van der Waals surface area contributed by atoms with Crippen molar-refractivity contribution in [3.05, 3.63) is 61.8 Å². The SMILES string of the molecule is Cc1cc(Br)cc(C)c1NC(=O)CSc1nnc(CC(=O)Nc2ccc(Cl)c(Cl)c2)n1C. The lowest BCUT2D eigenvalue weighted by atomic mass is 10.1. The van der Waals surface area contributed by atoms with Crippen molar-refractivity contribution in [1.29, 1.82) is 0 Å². The molecule has 0 unspecified atom stereocenters. The lowest BCUT2D eigenvalue weighted by Crippen LogP contribution is -2.17. The number of hydrogen-bond acceptors (Lipinski definition) is 5. The maximum Gasteiger partial charge on any atom is 0.234 e. The van der Waals surface area contributed by atoms with Crippen molar-refractivity contribution in [3.63, 3.8) is 0 Å². The van der Waals surface area contributed by atoms with Crippen molar-refractivity contribution in [2.45, 2.75) is 25.4 Å². The standard InChI is InChI=1S/C21H20BrCl2N5O2S/c1-11-6-13(22)7-12(2)20(11)26-19(31)10-32-21-28-27-17(29(21)3)9-18(30)25-14-4-5-15(23)16(24)8-14/h4-8H,9-10H2,1-3H3,(H,25,30)(H,26,31). The van der Waals surface area contributed by atoms with Crippen LogP contribution in [-0.4, -0.2) is 32.3 Å². The lowest BCUT2D eigenvalue weighted by molar-refractivity contribution is -0.116. The predicted octanol–water partition coefficient (Wildman–Crippen LogP) is 5.41. The smallest absolute Gasteiger partial charge is 0.234 e. The van der Waals surface area contributed by atoms with Crippen molar-refractivity contribution in [2.75, 3.05) is 16.4 Å². The van der Waals surface area contributed by atoms with Crippen molar-refractivity contribution < 1.29 is 9.59 Å². The summed E-state index contributed by atoms with van der Waals surface area (Å²) < 4.78 is 2.66. The summed E-state index contributed by atoms with van der Waals surface area (Å²) in [5, 5.41) is 15.2. The summed E-state index contributed by atoms with van der Waals surface area (Å²) >= 11 is 16.6. The molecule has 0 aliphatic rings. The Labute approximate surface area is 208 Å². The number of carbonyl (C=O) groups excluding carboxylic acids is 2. The van der Waals surface area contributed by atoms with Crippen LogP contribution in [0.3, 0.4) is 0 Å². The van der Waals surface area contributed by atoms with Crippen LogP contribution < -0.4 is 10.6 Å². The van der Waals surface area contributed by atoms with Crippen molar-refractivity contribution >= 4 is 74.1 Å². The molecule has 3 aromatic rings. The molecule has 32 heavy (non-hydrogen) atoms. The highest BCUT2D eigenvalue weighted by Gasteiger charge is 2.16. The van der Waals surface area contributed by atoms with Crippen molar-refractivity contribution in [1.82, 2.24) is 14.8 Å². The third-order valence-corrected chi connectivity index (χ3v) is 6.76. The number of amides is 2. The summed E-state index contributed by atoms with van der Waals surface area (Å²) in [6.45, 7) is 3.89. The van der Waals surface area contributed by atoms with Crippen LogP contribution in [0, 0.1) is 13.8 Å². The Bertz CT molecular complexity index is 1160. The maximum absolute atomic E-state index is 12.4. The van der Waals surface area contributed by atoms with E-state index in [9.17, 15) is 9.59 Å². The fourth-order valence-electron chi connectivity index (χ4n) is 2.96. The Morgan fingerprint density at radius 2 is 1.72 bits per heavy atom. The van der Waals surface area contributed by atoms with Gasteiger partial charge in [0.25, 0.3) is 0 Å². The summed E-state index contributed by atoms with van der Waals surface area (Å²) in [5.41, 5.74) is 3.29. The second-order valence-electron chi connectivity index (χ2n) is 7.06. The molecule has 0 atom stereocenters. The number of thioether (sulfide) groups is 1. The molecule has 11 heteroatoms. The molecule has 0 radical (unpaired) electrons. The van der Waals surface area contributed by atoms with Gasteiger partial charge in [0, 0.05) is 22.9 Å². The number of rotatable bonds is 7. The van der Waals surface area contributed by atoms with Crippen LogP contribution in [0.25, 0.3) is 0 Å². The van der Waals surface area contributed by atoms with E-state index in [2.05, 4.69) is 36.8 Å². The van der Waals surface area contributed by atoms with Gasteiger partial charge in [0.2, 0.25) is 11.8 Å². The summed E-state index contributed by atoms with van der Waals surface area (Å²) in [4.78, 5) is 24.8. The number of benzene rings is 2. The van der Waals surface area contributed by atoms with Gasteiger partial charge in [-0.15, -0.1) is 10.2 Å². The summed E-state index contributed by atoms with van der Waals surface area (Å²) in [6.07, 6.45) is 0.0216. The summed E-state index contributed by atoms with van der Waals surface area (Å²) in [6, 6.07) is 8.76. The molecule has 0 aliphatic heterocycles. The molecule has 1 aromatic heterocycles. The lowest BCUT2D eigenvalue weighted by Gasteiger charge is -2.12. The quantitative estimate of drug-likeness (QED) is 0.380. The van der Waals surface area contributed by atoms with Gasteiger partial charge in [-0.25, -0.2) is 0 Å². The first-order valence-electron chi connectivity index (χ1n) is 9.46. The predicted molar refractivity (Wildman–Crippen MR) is 133 cm³/mol. The van der Waals surface area contributed by atoms with Crippen molar-refractivity contribution in [3.8, 4) is 0 Å². The molecule has 0 spiro atoms. The number of anilines is 2. The minimum atomic E-state index is -0.269. The molecule has 2 N–H and O–H groups in total. The molecule has 0 bridgehead atoms. The first-order chi connectivity index (χ1) is 15.1. The molecule has 0 fully saturated rings. The second kappa shape index (κ2) is 10.7. The number of aromatic nitrogens is 3. The number of carbonyl (C=O) groups is 2. The molecular weight excluding hydrogens is 537 g/mol. The normalized spacial score (nSPS) is 10.8. The van der Waals surface area contributed by atoms with E-state index >= 15 is 0 Å². The summed E-state index contributed by atoms with van der Waals surface area (Å²) in [7, 11) is 1.75. The topological polar surface area (TPSA) is 88.9 Å². The van der Waals surface area contributed by atoms with Gasteiger partial charge < -0.3 is 15.2 Å². The highest BCUT2D eigenvalue weighted by Crippen LogP contribution is 2.26. The van der Waals surface area contributed by atoms with E-state index in [1.807, 2.05) is 26.0 Å². The molecule has 168 valence electrons. The number of halogens is 3. The molecule has 7 nitrogen and oxygen atoms in total. The molecule has 0 saturated carbocycles. The van der Waals surface area contributed by atoms with Gasteiger partial charge in [-0.3, -0.25) is 9.59 Å². The first-order valence-corrected chi connectivity index (χ1v) is 12.0. The van der Waals surface area contributed by atoms with Crippen molar-refractivity contribution in [2.24, 2.45) is 7.05 Å². The van der Waals surface area contributed by atoms with Gasteiger partial charge in [-0.1, -0.05) is 50.9 Å². The molecule has 2 amide bonds. The Balaban J connectivity index is 1.57. The van der Waals surface area contributed by atoms with Gasteiger partial charge >= 0.3 is 0 Å². The number of nitrogens with one attached hydrogen (secondary N) is 2. The van der Waals surface area contributed by atoms with E-state index in [4.69, 9.17) is 23.2 Å². The Hall–Kier alpha value is -2.07. The molecular formula is C21H20BrCl2N5O2S. The third-order valence-electron chi connectivity index (χ3n) is 4.54. The van der Waals surface area contributed by atoms with Crippen LogP contribution >= 0.6 is 50.9 Å². The fraction of sp³-hybridized carbons (Fsp3) is 0.238. The molecule has 0 saturated heterocycles. The van der Waals surface area contributed by atoms with Crippen LogP contribution in [0.15, 0.2) is 40.0 Å². The van der Waals surface area contributed by atoms with Crippen LogP contribution in [0.5, 0.6) is 0 Å². The zero-order valence-corrected chi connectivity index (χ0v) is 21.4. The van der Waals surface area contributed by atoms with Gasteiger partial charge in [0.05, 0.1) is 22.2 Å². The Kier molecular flexibility index (Phi) is 8.21. The van der Waals surface area contributed by atoms with E-state index < -0.39 is 0 Å². The van der Waals surface area contributed by atoms with E-state index in [0.717, 1.165) is 21.3 Å². The summed E-state index contributed by atoms with van der Waals surface area (Å²) in [5.74, 6) is 0.223. The Morgan fingerprint density at radius 3 is 2.38 bits per heavy atom. The Morgan fingerprint density at radius 1 is 1.03 bits per heavy atom. The van der Waals surface area contributed by atoms with Gasteiger partial charge in [-0.2, -0.15) is 0 Å². The zero-order chi connectivity index (χ0) is 23.4. The second-order valence-corrected chi connectivity index (χ2v) is 9.74. The fourth-order valence-corrected chi connectivity index (χ4v) is 4.68. The molecule has 2 aromatic carbocycles. The average Bonchev–Trinajstić information content (AvgIpc) is 3.05. The largest absolute Gasteiger partial charge is 0.326 e. The van der Waals surface area contributed by atoms with E-state index in [0.29, 0.717) is 26.7 Å². The zero-order valence-electron chi connectivity index (χ0n) is 17.5. The highest BCUT2D eigenvalue weighted by molar-refractivity contribution is 9.10. The number of hydrogen-bond donors (Lipinski definition) is 2. The third kappa shape index (κ3) is 6.25. The van der Waals surface area contributed by atoms with E-state index in [1.165, 1.54) is 11.8 Å². The van der Waals surface area contributed by atoms with Crippen LogP contribution in [0.1, 0.15) is 17.0 Å².